The number of methoxy groups -OCH3 is 1. The molecular formula is C32H29N5O2S. The number of hydrogen-bond acceptors (Lipinski definition) is 5. The topological polar surface area (TPSA) is 74.0 Å². The summed E-state index contributed by atoms with van der Waals surface area (Å²) in [5.74, 6) is 1.44. The largest absolute Gasteiger partial charge is 0.496 e. The fraction of sp³-hybridized carbons (Fsp3) is 0.156. The number of nitrogens with zero attached hydrogens (tertiary/aromatic N) is 4. The molecule has 0 saturated carbocycles. The van der Waals surface area contributed by atoms with Gasteiger partial charge in [0.2, 0.25) is 5.91 Å². The van der Waals surface area contributed by atoms with Crippen LogP contribution < -0.4 is 10.1 Å². The number of aromatic nitrogens is 4. The molecule has 0 fully saturated rings. The molecule has 0 aliphatic heterocycles. The van der Waals surface area contributed by atoms with Gasteiger partial charge in [0.25, 0.3) is 0 Å². The second kappa shape index (κ2) is 10.9. The number of carbonyl (C=O) groups is 1. The molecule has 40 heavy (non-hydrogen) atoms. The average molecular weight is 548 g/mol. The van der Waals surface area contributed by atoms with Gasteiger partial charge in [-0.15, -0.1) is 10.2 Å². The van der Waals surface area contributed by atoms with E-state index >= 15 is 0 Å². The number of ether oxygens (including phenoxy) is 1. The first kappa shape index (κ1) is 25.7. The highest BCUT2D eigenvalue weighted by Crippen LogP contribution is 2.34. The SMILES string of the molecule is CCn1c2ccccc2c2cc(NC(=O)CSc3nnc(-c4ccccc4OC)n3-c3ccc(C)cc3)ccc21. The van der Waals surface area contributed by atoms with E-state index in [-0.39, 0.29) is 11.7 Å². The molecule has 8 heteroatoms. The summed E-state index contributed by atoms with van der Waals surface area (Å²) in [5.41, 5.74) is 6.02. The number of carbonyl (C=O) groups excluding carboxylic acids is 1. The number of amides is 1. The Labute approximate surface area is 236 Å². The first-order valence-electron chi connectivity index (χ1n) is 13.2. The molecule has 6 rings (SSSR count). The maximum absolute atomic E-state index is 13.1. The van der Waals surface area contributed by atoms with Gasteiger partial charge in [0, 0.05) is 39.7 Å². The lowest BCUT2D eigenvalue weighted by molar-refractivity contribution is -0.113. The highest BCUT2D eigenvalue weighted by molar-refractivity contribution is 7.99. The Kier molecular flexibility index (Phi) is 7.00. The molecule has 7 nitrogen and oxygen atoms in total. The van der Waals surface area contributed by atoms with E-state index < -0.39 is 0 Å². The van der Waals surface area contributed by atoms with Crippen LogP contribution >= 0.6 is 11.8 Å². The Morgan fingerprint density at radius 2 is 1.65 bits per heavy atom. The zero-order valence-corrected chi connectivity index (χ0v) is 23.4. The first-order valence-corrected chi connectivity index (χ1v) is 14.2. The summed E-state index contributed by atoms with van der Waals surface area (Å²) in [6.45, 7) is 5.08. The molecule has 0 aliphatic rings. The van der Waals surface area contributed by atoms with Crippen LogP contribution in [0.2, 0.25) is 0 Å². The van der Waals surface area contributed by atoms with Gasteiger partial charge < -0.3 is 14.6 Å². The van der Waals surface area contributed by atoms with Crippen LogP contribution in [0, 0.1) is 6.92 Å². The van der Waals surface area contributed by atoms with Crippen LogP contribution in [0.3, 0.4) is 0 Å². The van der Waals surface area contributed by atoms with E-state index in [0.29, 0.717) is 16.7 Å². The van der Waals surface area contributed by atoms with E-state index in [1.807, 2.05) is 65.2 Å². The summed E-state index contributed by atoms with van der Waals surface area (Å²) in [4.78, 5) is 13.1. The monoisotopic (exact) mass is 547 g/mol. The van der Waals surface area contributed by atoms with Crippen LogP contribution in [0.1, 0.15) is 12.5 Å². The molecule has 0 radical (unpaired) electrons. The van der Waals surface area contributed by atoms with E-state index in [2.05, 4.69) is 64.3 Å². The third kappa shape index (κ3) is 4.71. The normalized spacial score (nSPS) is 11.3. The zero-order valence-electron chi connectivity index (χ0n) is 22.6. The van der Waals surface area contributed by atoms with E-state index in [0.717, 1.165) is 39.9 Å². The molecular weight excluding hydrogens is 518 g/mol. The summed E-state index contributed by atoms with van der Waals surface area (Å²) in [5, 5.41) is 15.0. The van der Waals surface area contributed by atoms with E-state index in [9.17, 15) is 4.79 Å². The molecule has 1 N–H and O–H groups in total. The highest BCUT2D eigenvalue weighted by atomic mass is 32.2. The predicted molar refractivity (Wildman–Crippen MR) is 163 cm³/mol. The van der Waals surface area contributed by atoms with Crippen LogP contribution in [-0.4, -0.2) is 38.1 Å². The van der Waals surface area contributed by atoms with Gasteiger partial charge in [-0.3, -0.25) is 9.36 Å². The van der Waals surface area contributed by atoms with Crippen molar-refractivity contribution in [2.45, 2.75) is 25.5 Å². The number of rotatable bonds is 8. The Balaban J connectivity index is 1.27. The third-order valence-electron chi connectivity index (χ3n) is 6.98. The van der Waals surface area contributed by atoms with Crippen LogP contribution in [0.4, 0.5) is 5.69 Å². The molecule has 0 spiro atoms. The molecule has 4 aromatic carbocycles. The summed E-state index contributed by atoms with van der Waals surface area (Å²) < 4.78 is 9.86. The lowest BCUT2D eigenvalue weighted by Crippen LogP contribution is -2.14. The Hall–Kier alpha value is -4.56. The molecule has 0 saturated heterocycles. The van der Waals surface area contributed by atoms with E-state index in [4.69, 9.17) is 4.74 Å². The van der Waals surface area contributed by atoms with Gasteiger partial charge in [-0.05, 0) is 62.4 Å². The summed E-state index contributed by atoms with van der Waals surface area (Å²) >= 11 is 1.35. The van der Waals surface area contributed by atoms with E-state index in [1.165, 1.54) is 22.7 Å². The summed E-state index contributed by atoms with van der Waals surface area (Å²) in [6.07, 6.45) is 0. The third-order valence-corrected chi connectivity index (χ3v) is 7.91. The molecule has 0 unspecified atom stereocenters. The number of aryl methyl sites for hydroxylation is 2. The van der Waals surface area contributed by atoms with Crippen LogP contribution in [0.25, 0.3) is 38.9 Å². The van der Waals surface area contributed by atoms with Crippen molar-refractivity contribution in [2.24, 2.45) is 0 Å². The number of hydrogen-bond donors (Lipinski definition) is 1. The minimum atomic E-state index is -0.110. The fourth-order valence-corrected chi connectivity index (χ4v) is 5.85. The second-order valence-electron chi connectivity index (χ2n) is 9.51. The predicted octanol–water partition coefficient (Wildman–Crippen LogP) is 7.11. The molecule has 0 aliphatic carbocycles. The van der Waals surface area contributed by atoms with Crippen molar-refractivity contribution in [2.75, 3.05) is 18.2 Å². The second-order valence-corrected chi connectivity index (χ2v) is 10.5. The zero-order chi connectivity index (χ0) is 27.6. The molecule has 2 aromatic heterocycles. The van der Waals surface area contributed by atoms with Gasteiger partial charge in [0.15, 0.2) is 11.0 Å². The Bertz CT molecular complexity index is 1840. The summed E-state index contributed by atoms with van der Waals surface area (Å²) in [7, 11) is 1.64. The highest BCUT2D eigenvalue weighted by Gasteiger charge is 2.20. The van der Waals surface area contributed by atoms with Gasteiger partial charge in [-0.25, -0.2) is 0 Å². The van der Waals surface area contributed by atoms with Crippen molar-refractivity contribution in [1.82, 2.24) is 19.3 Å². The van der Waals surface area contributed by atoms with Crippen LogP contribution in [0.15, 0.2) is 96.2 Å². The quantitative estimate of drug-likeness (QED) is 0.206. The van der Waals surface area contributed by atoms with Crippen LogP contribution in [-0.2, 0) is 11.3 Å². The maximum atomic E-state index is 13.1. The standard InChI is InChI=1S/C32H29N5O2S/c1-4-36-27-11-7-5-9-24(27)26-19-22(15-18-28(26)36)33-30(38)20-40-32-35-34-31(25-10-6-8-12-29(25)39-3)37(32)23-16-13-21(2)14-17-23/h5-19H,4,20H2,1-3H3,(H,33,38). The first-order chi connectivity index (χ1) is 19.6. The van der Waals surface area contributed by atoms with Gasteiger partial charge in [0.1, 0.15) is 5.75 Å². The molecule has 1 amide bonds. The Morgan fingerprint density at radius 1 is 0.900 bits per heavy atom. The maximum Gasteiger partial charge on any atom is 0.234 e. The smallest absolute Gasteiger partial charge is 0.234 e. The molecule has 2 heterocycles. The summed E-state index contributed by atoms with van der Waals surface area (Å²) in [6, 6.07) is 30.4. The van der Waals surface area contributed by atoms with Crippen molar-refractivity contribution < 1.29 is 9.53 Å². The van der Waals surface area contributed by atoms with E-state index in [1.54, 1.807) is 7.11 Å². The fourth-order valence-electron chi connectivity index (χ4n) is 5.09. The number of anilines is 1. The number of para-hydroxylation sites is 2. The minimum Gasteiger partial charge on any atom is -0.496 e. The molecule has 6 aromatic rings. The molecule has 200 valence electrons. The molecule has 0 bridgehead atoms. The minimum absolute atomic E-state index is 0.110. The van der Waals surface area contributed by atoms with Crippen molar-refractivity contribution in [3.8, 4) is 22.8 Å². The number of thioether (sulfide) groups is 1. The van der Waals surface area contributed by atoms with Crippen molar-refractivity contribution in [1.29, 1.82) is 0 Å². The van der Waals surface area contributed by atoms with Gasteiger partial charge in [-0.1, -0.05) is 59.8 Å². The number of fused-ring (bicyclic) bond motifs is 3. The van der Waals surface area contributed by atoms with Gasteiger partial charge in [-0.2, -0.15) is 0 Å². The van der Waals surface area contributed by atoms with Crippen molar-refractivity contribution in [3.63, 3.8) is 0 Å². The van der Waals surface area contributed by atoms with Crippen molar-refractivity contribution >= 4 is 45.2 Å². The lowest BCUT2D eigenvalue weighted by Gasteiger charge is -2.13. The number of nitrogens with one attached hydrogen (secondary N) is 1. The lowest BCUT2D eigenvalue weighted by atomic mass is 10.1. The van der Waals surface area contributed by atoms with Gasteiger partial charge >= 0.3 is 0 Å². The molecule has 0 atom stereocenters. The van der Waals surface area contributed by atoms with Crippen molar-refractivity contribution in [3.05, 3.63) is 96.6 Å². The Morgan fingerprint density at radius 3 is 2.45 bits per heavy atom. The number of benzene rings is 4. The van der Waals surface area contributed by atoms with Gasteiger partial charge in [0.05, 0.1) is 18.4 Å². The van der Waals surface area contributed by atoms with Crippen LogP contribution in [0.5, 0.6) is 5.75 Å². The average Bonchev–Trinajstić information content (AvgIpc) is 3.55.